The molecule has 0 spiro atoms. The van der Waals surface area contributed by atoms with Crippen molar-refractivity contribution in [2.24, 2.45) is 5.73 Å². The fourth-order valence-corrected chi connectivity index (χ4v) is 3.94. The molecule has 0 bridgehead atoms. The molecule has 0 unspecified atom stereocenters. The number of hydrogen-bond acceptors (Lipinski definition) is 7. The predicted molar refractivity (Wildman–Crippen MR) is 125 cm³/mol. The molecule has 1 aliphatic rings. The topological polar surface area (TPSA) is 114 Å². The van der Waals surface area contributed by atoms with E-state index in [1.165, 1.54) is 11.8 Å². The first-order chi connectivity index (χ1) is 15.4. The van der Waals surface area contributed by atoms with Crippen molar-refractivity contribution in [1.29, 1.82) is 0 Å². The van der Waals surface area contributed by atoms with Crippen LogP contribution in [0, 0.1) is 15.2 Å². The number of fused-ring (bicyclic) bond motifs is 1. The number of nitrogens with one attached hydrogen (secondary N) is 3. The Morgan fingerprint density at radius 3 is 2.62 bits per heavy atom. The van der Waals surface area contributed by atoms with Crippen molar-refractivity contribution in [3.63, 3.8) is 0 Å². The van der Waals surface area contributed by atoms with Gasteiger partial charge in [-0.05, 0) is 70.9 Å². The minimum atomic E-state index is -0.845. The molecule has 0 radical (unpaired) electrons. The summed E-state index contributed by atoms with van der Waals surface area (Å²) in [4.78, 5) is 20.2. The Morgan fingerprint density at radius 2 is 1.94 bits per heavy atom. The fraction of sp³-hybridized carbons (Fsp3) is 0.190. The molecule has 0 aliphatic carbocycles. The van der Waals surface area contributed by atoms with E-state index >= 15 is 0 Å². The molecule has 3 aromatic rings. The van der Waals surface area contributed by atoms with E-state index in [1.807, 2.05) is 12.1 Å². The standard InChI is InChI=1S/C21H19F2IN6O2/c1-32-17-5-10-2-3-26-8-11(10)4-16(17)28-21-27-9-13(19(25)31)20(30-21)29-18-14(22)6-12(24)7-15(18)23/h4-7,9,26H,2-3,8H2,1H3,(H2,25,31)(H2,27,28,29,30). The van der Waals surface area contributed by atoms with Gasteiger partial charge in [0, 0.05) is 16.3 Å². The zero-order valence-electron chi connectivity index (χ0n) is 16.9. The van der Waals surface area contributed by atoms with E-state index in [0.717, 1.165) is 30.7 Å². The summed E-state index contributed by atoms with van der Waals surface area (Å²) in [5.74, 6) is -1.96. The number of methoxy groups -OCH3 is 1. The largest absolute Gasteiger partial charge is 0.495 e. The van der Waals surface area contributed by atoms with Gasteiger partial charge in [0.2, 0.25) is 5.95 Å². The van der Waals surface area contributed by atoms with E-state index in [1.54, 1.807) is 29.7 Å². The predicted octanol–water partition coefficient (Wildman–Crippen LogP) is 3.60. The fourth-order valence-electron chi connectivity index (χ4n) is 3.39. The summed E-state index contributed by atoms with van der Waals surface area (Å²) in [6.45, 7) is 1.61. The van der Waals surface area contributed by atoms with Crippen LogP contribution >= 0.6 is 22.6 Å². The van der Waals surface area contributed by atoms with Gasteiger partial charge >= 0.3 is 0 Å². The highest BCUT2D eigenvalue weighted by atomic mass is 127. The second-order valence-corrected chi connectivity index (χ2v) is 8.31. The monoisotopic (exact) mass is 552 g/mol. The summed E-state index contributed by atoms with van der Waals surface area (Å²) in [6, 6.07) is 6.19. The summed E-state index contributed by atoms with van der Waals surface area (Å²) in [7, 11) is 1.56. The average molecular weight is 552 g/mol. The van der Waals surface area contributed by atoms with Gasteiger partial charge in [-0.2, -0.15) is 4.98 Å². The Balaban J connectivity index is 1.71. The molecule has 0 atom stereocenters. The number of benzene rings is 2. The lowest BCUT2D eigenvalue weighted by atomic mass is 10.00. The number of nitrogens with zero attached hydrogens (tertiary/aromatic N) is 2. The first-order valence-electron chi connectivity index (χ1n) is 9.61. The van der Waals surface area contributed by atoms with Crippen molar-refractivity contribution in [2.75, 3.05) is 24.3 Å². The van der Waals surface area contributed by atoms with Crippen LogP contribution in [0.4, 0.5) is 31.9 Å². The molecular formula is C21H19F2IN6O2. The molecule has 4 rings (SSSR count). The molecule has 5 N–H and O–H groups in total. The van der Waals surface area contributed by atoms with E-state index in [-0.39, 0.29) is 17.3 Å². The quantitative estimate of drug-likeness (QED) is 0.346. The number of anilines is 4. The van der Waals surface area contributed by atoms with Crippen molar-refractivity contribution < 1.29 is 18.3 Å². The molecule has 166 valence electrons. The number of nitrogens with two attached hydrogens (primary N) is 1. The lowest BCUT2D eigenvalue weighted by Gasteiger charge is -2.20. The van der Waals surface area contributed by atoms with Gasteiger partial charge in [-0.1, -0.05) is 0 Å². The molecule has 1 amide bonds. The minimum absolute atomic E-state index is 0.0887. The number of carbonyl (C=O) groups excluding carboxylic acids is 1. The highest BCUT2D eigenvalue weighted by Crippen LogP contribution is 2.33. The summed E-state index contributed by atoms with van der Waals surface area (Å²) >= 11 is 1.80. The van der Waals surface area contributed by atoms with Gasteiger partial charge in [0.1, 0.15) is 22.8 Å². The zero-order valence-corrected chi connectivity index (χ0v) is 19.1. The van der Waals surface area contributed by atoms with Crippen LogP contribution in [0.25, 0.3) is 0 Å². The zero-order chi connectivity index (χ0) is 22.8. The molecule has 2 heterocycles. The summed E-state index contributed by atoms with van der Waals surface area (Å²) < 4.78 is 34.5. The van der Waals surface area contributed by atoms with E-state index < -0.39 is 23.2 Å². The lowest BCUT2D eigenvalue weighted by Crippen LogP contribution is -2.23. The Bertz CT molecular complexity index is 1180. The Kier molecular flexibility index (Phi) is 6.37. The van der Waals surface area contributed by atoms with Gasteiger partial charge in [0.15, 0.2) is 11.6 Å². The Morgan fingerprint density at radius 1 is 1.19 bits per heavy atom. The third kappa shape index (κ3) is 4.58. The van der Waals surface area contributed by atoms with E-state index in [0.29, 0.717) is 21.6 Å². The van der Waals surface area contributed by atoms with Crippen LogP contribution in [0.15, 0.2) is 30.5 Å². The third-order valence-electron chi connectivity index (χ3n) is 4.96. The number of primary amides is 1. The number of ether oxygens (including phenoxy) is 1. The maximum Gasteiger partial charge on any atom is 0.254 e. The minimum Gasteiger partial charge on any atom is -0.495 e. The number of aromatic nitrogens is 2. The number of hydrogen-bond donors (Lipinski definition) is 4. The first kappa shape index (κ1) is 22.1. The third-order valence-corrected chi connectivity index (χ3v) is 5.58. The first-order valence-corrected chi connectivity index (χ1v) is 10.7. The lowest BCUT2D eigenvalue weighted by molar-refractivity contribution is 0.100. The van der Waals surface area contributed by atoms with Crippen molar-refractivity contribution in [3.05, 3.63) is 62.4 Å². The van der Waals surface area contributed by atoms with Crippen LogP contribution in [0.5, 0.6) is 5.75 Å². The van der Waals surface area contributed by atoms with Gasteiger partial charge in [-0.15, -0.1) is 0 Å². The Labute approximate surface area is 196 Å². The average Bonchev–Trinajstić information content (AvgIpc) is 2.75. The smallest absolute Gasteiger partial charge is 0.254 e. The molecule has 8 nitrogen and oxygen atoms in total. The highest BCUT2D eigenvalue weighted by molar-refractivity contribution is 14.1. The van der Waals surface area contributed by atoms with E-state index in [4.69, 9.17) is 10.5 Å². The molecular weight excluding hydrogens is 533 g/mol. The van der Waals surface area contributed by atoms with Crippen molar-refractivity contribution >= 4 is 51.6 Å². The molecule has 1 aliphatic heterocycles. The van der Waals surface area contributed by atoms with Crippen LogP contribution in [0.2, 0.25) is 0 Å². The molecule has 0 fully saturated rings. The SMILES string of the molecule is COc1cc2c(cc1Nc1ncc(C(N)=O)c(Nc3c(F)cc(I)cc3F)n1)CNCC2. The maximum absolute atomic E-state index is 14.3. The molecule has 32 heavy (non-hydrogen) atoms. The molecule has 0 saturated carbocycles. The number of halogens is 3. The van der Waals surface area contributed by atoms with Crippen LogP contribution in [0.1, 0.15) is 21.5 Å². The molecule has 0 saturated heterocycles. The van der Waals surface area contributed by atoms with E-state index in [2.05, 4.69) is 25.9 Å². The van der Waals surface area contributed by atoms with Crippen LogP contribution in [-0.2, 0) is 13.0 Å². The molecule has 2 aromatic carbocycles. The summed E-state index contributed by atoms with van der Waals surface area (Å²) in [6.07, 6.45) is 2.08. The summed E-state index contributed by atoms with van der Waals surface area (Å²) in [5, 5.41) is 8.89. The Hall–Kier alpha value is -3.06. The highest BCUT2D eigenvalue weighted by Gasteiger charge is 2.19. The van der Waals surface area contributed by atoms with Gasteiger partial charge in [-0.25, -0.2) is 13.8 Å². The normalized spacial score (nSPS) is 12.8. The van der Waals surface area contributed by atoms with Crippen LogP contribution in [0.3, 0.4) is 0 Å². The van der Waals surface area contributed by atoms with Crippen molar-refractivity contribution in [3.8, 4) is 5.75 Å². The van der Waals surface area contributed by atoms with E-state index in [9.17, 15) is 13.6 Å². The maximum atomic E-state index is 14.3. The van der Waals surface area contributed by atoms with Crippen molar-refractivity contribution in [2.45, 2.75) is 13.0 Å². The number of amides is 1. The number of rotatable bonds is 6. The van der Waals surface area contributed by atoms with Crippen molar-refractivity contribution in [1.82, 2.24) is 15.3 Å². The van der Waals surface area contributed by atoms with Crippen LogP contribution in [-0.4, -0.2) is 29.5 Å². The molecule has 11 heteroatoms. The van der Waals surface area contributed by atoms with Gasteiger partial charge < -0.3 is 26.4 Å². The van der Waals surface area contributed by atoms with Gasteiger partial charge in [-0.3, -0.25) is 4.79 Å². The van der Waals surface area contributed by atoms with Gasteiger partial charge in [0.05, 0.1) is 12.8 Å². The second kappa shape index (κ2) is 9.20. The second-order valence-electron chi connectivity index (χ2n) is 7.06. The van der Waals surface area contributed by atoms with Gasteiger partial charge in [0.25, 0.3) is 5.91 Å². The molecule has 1 aromatic heterocycles. The summed E-state index contributed by atoms with van der Waals surface area (Å²) in [5.41, 5.74) is 7.73. The van der Waals surface area contributed by atoms with Crippen LogP contribution < -0.4 is 26.4 Å². The number of carbonyl (C=O) groups is 1.